The van der Waals surface area contributed by atoms with Gasteiger partial charge in [0.1, 0.15) is 0 Å². The molecule has 3 aromatic rings. The van der Waals surface area contributed by atoms with E-state index in [-0.39, 0.29) is 12.7 Å². The zero-order valence-corrected chi connectivity index (χ0v) is 16.0. The summed E-state index contributed by atoms with van der Waals surface area (Å²) < 4.78 is 16.2. The second kappa shape index (κ2) is 7.21. The van der Waals surface area contributed by atoms with E-state index in [2.05, 4.69) is 15.3 Å². The summed E-state index contributed by atoms with van der Waals surface area (Å²) in [6.07, 6.45) is 1.60. The fourth-order valence-corrected chi connectivity index (χ4v) is 3.52. The number of nitrogens with zero attached hydrogens (tertiary/aromatic N) is 3. The molecule has 2 aliphatic heterocycles. The minimum Gasteiger partial charge on any atom is -0.454 e. The van der Waals surface area contributed by atoms with Crippen LogP contribution in [0.1, 0.15) is 16.1 Å². The molecule has 0 aliphatic carbocycles. The Kier molecular flexibility index (Phi) is 4.40. The van der Waals surface area contributed by atoms with Gasteiger partial charge in [0.15, 0.2) is 17.1 Å². The number of anilines is 2. The van der Waals surface area contributed by atoms with Crippen LogP contribution in [0, 0.1) is 6.92 Å². The molecule has 0 spiro atoms. The fraction of sp³-hybridized carbons (Fsp3) is 0.286. The highest BCUT2D eigenvalue weighted by Crippen LogP contribution is 2.37. The van der Waals surface area contributed by atoms with Crippen LogP contribution in [0.15, 0.2) is 36.5 Å². The van der Waals surface area contributed by atoms with Crippen LogP contribution in [0.2, 0.25) is 0 Å². The maximum Gasteiger partial charge on any atom is 0.257 e. The Hall–Kier alpha value is -3.39. The van der Waals surface area contributed by atoms with E-state index in [0.29, 0.717) is 54.7 Å². The molecular formula is C21H20N4O4. The Labute approximate surface area is 167 Å². The fourth-order valence-electron chi connectivity index (χ4n) is 3.52. The quantitative estimate of drug-likeness (QED) is 0.733. The first-order valence-corrected chi connectivity index (χ1v) is 9.49. The lowest BCUT2D eigenvalue weighted by molar-refractivity contribution is 0.0303. The lowest BCUT2D eigenvalue weighted by Gasteiger charge is -2.27. The summed E-state index contributed by atoms with van der Waals surface area (Å²) in [5.41, 5.74) is 3.43. The van der Waals surface area contributed by atoms with Gasteiger partial charge in [-0.25, -0.2) is 9.97 Å². The summed E-state index contributed by atoms with van der Waals surface area (Å²) in [4.78, 5) is 24.0. The molecule has 1 aromatic carbocycles. The van der Waals surface area contributed by atoms with Crippen LogP contribution >= 0.6 is 0 Å². The van der Waals surface area contributed by atoms with Crippen LogP contribution in [-0.2, 0) is 4.74 Å². The van der Waals surface area contributed by atoms with Gasteiger partial charge in [-0.05, 0) is 31.2 Å². The number of pyridine rings is 2. The van der Waals surface area contributed by atoms with Crippen molar-refractivity contribution in [2.45, 2.75) is 6.92 Å². The lowest BCUT2D eigenvalue weighted by atomic mass is 10.1. The molecule has 0 bridgehead atoms. The highest BCUT2D eigenvalue weighted by atomic mass is 16.7. The Morgan fingerprint density at radius 1 is 1.10 bits per heavy atom. The number of morpholine rings is 1. The normalized spacial score (nSPS) is 15.6. The number of nitrogens with one attached hydrogen (secondary N) is 1. The van der Waals surface area contributed by atoms with Crippen LogP contribution in [0.3, 0.4) is 0 Å². The topological polar surface area (TPSA) is 85.8 Å². The van der Waals surface area contributed by atoms with Crippen molar-refractivity contribution < 1.29 is 19.0 Å². The molecule has 148 valence electrons. The van der Waals surface area contributed by atoms with Crippen molar-refractivity contribution in [3.8, 4) is 11.5 Å². The van der Waals surface area contributed by atoms with Gasteiger partial charge in [-0.1, -0.05) is 0 Å². The number of aryl methyl sites for hydroxylation is 1. The van der Waals surface area contributed by atoms with Crippen LogP contribution < -0.4 is 14.8 Å². The third-order valence-corrected chi connectivity index (χ3v) is 5.04. The predicted molar refractivity (Wildman–Crippen MR) is 107 cm³/mol. The molecule has 0 unspecified atom stereocenters. The van der Waals surface area contributed by atoms with E-state index in [9.17, 15) is 4.79 Å². The third-order valence-electron chi connectivity index (χ3n) is 5.04. The Bertz CT molecular complexity index is 1100. The van der Waals surface area contributed by atoms with Gasteiger partial charge in [0.05, 0.1) is 24.5 Å². The number of carbonyl (C=O) groups excluding carboxylic acids is 1. The van der Waals surface area contributed by atoms with Crippen molar-refractivity contribution in [2.75, 3.05) is 38.4 Å². The van der Waals surface area contributed by atoms with E-state index in [1.54, 1.807) is 11.1 Å². The molecule has 1 saturated heterocycles. The zero-order valence-electron chi connectivity index (χ0n) is 16.0. The van der Waals surface area contributed by atoms with E-state index >= 15 is 0 Å². The number of hydrogen-bond donors (Lipinski definition) is 1. The van der Waals surface area contributed by atoms with Crippen molar-refractivity contribution in [2.24, 2.45) is 0 Å². The standard InChI is InChI=1S/C21H20N4O4/c1-13-2-4-15-19(24-14-3-5-17-18(10-14)29-12-28-17)16(11-22-20(15)23-13)21(26)25-6-8-27-9-7-25/h2-5,10-11H,6-9,12H2,1H3,(H,22,23,24). The van der Waals surface area contributed by atoms with Crippen LogP contribution in [0.25, 0.3) is 11.0 Å². The molecule has 2 aliphatic rings. The van der Waals surface area contributed by atoms with Gasteiger partial charge < -0.3 is 24.4 Å². The molecular weight excluding hydrogens is 372 g/mol. The highest BCUT2D eigenvalue weighted by molar-refractivity contribution is 6.07. The van der Waals surface area contributed by atoms with Crippen LogP contribution in [0.5, 0.6) is 11.5 Å². The number of ether oxygens (including phenoxy) is 3. The first-order valence-electron chi connectivity index (χ1n) is 9.49. The smallest absolute Gasteiger partial charge is 0.257 e. The third kappa shape index (κ3) is 3.31. The summed E-state index contributed by atoms with van der Waals surface area (Å²) in [5.74, 6) is 1.30. The number of rotatable bonds is 3. The molecule has 0 radical (unpaired) electrons. The second-order valence-electron chi connectivity index (χ2n) is 6.97. The molecule has 5 rings (SSSR count). The van der Waals surface area contributed by atoms with Gasteiger partial charge >= 0.3 is 0 Å². The Balaban J connectivity index is 1.59. The maximum absolute atomic E-state index is 13.2. The highest BCUT2D eigenvalue weighted by Gasteiger charge is 2.24. The lowest BCUT2D eigenvalue weighted by Crippen LogP contribution is -2.41. The number of fused-ring (bicyclic) bond motifs is 2. The largest absolute Gasteiger partial charge is 0.454 e. The molecule has 4 heterocycles. The van der Waals surface area contributed by atoms with E-state index in [1.165, 1.54) is 0 Å². The monoisotopic (exact) mass is 392 g/mol. The molecule has 1 amide bonds. The van der Waals surface area contributed by atoms with Crippen LogP contribution in [0.4, 0.5) is 11.4 Å². The minimum absolute atomic E-state index is 0.0773. The van der Waals surface area contributed by atoms with Gasteiger partial charge in [0.2, 0.25) is 6.79 Å². The molecule has 8 nitrogen and oxygen atoms in total. The zero-order chi connectivity index (χ0) is 19.8. The van der Waals surface area contributed by atoms with Crippen LogP contribution in [-0.4, -0.2) is 53.9 Å². The van der Waals surface area contributed by atoms with Gasteiger partial charge in [-0.2, -0.15) is 0 Å². The Morgan fingerprint density at radius 2 is 1.93 bits per heavy atom. The molecule has 0 saturated carbocycles. The summed E-state index contributed by atoms with van der Waals surface area (Å²) in [5, 5.41) is 4.18. The number of hydrogen-bond acceptors (Lipinski definition) is 7. The van der Waals surface area contributed by atoms with E-state index in [4.69, 9.17) is 14.2 Å². The average molecular weight is 392 g/mol. The summed E-state index contributed by atoms with van der Waals surface area (Å²) in [6.45, 7) is 4.33. The number of benzene rings is 1. The first-order chi connectivity index (χ1) is 14.2. The maximum atomic E-state index is 13.2. The summed E-state index contributed by atoms with van der Waals surface area (Å²) in [7, 11) is 0. The summed E-state index contributed by atoms with van der Waals surface area (Å²) >= 11 is 0. The van der Waals surface area contributed by atoms with Crippen molar-refractivity contribution in [1.29, 1.82) is 0 Å². The molecule has 1 fully saturated rings. The number of carbonyl (C=O) groups is 1. The van der Waals surface area contributed by atoms with Gasteiger partial charge in [0.25, 0.3) is 5.91 Å². The average Bonchev–Trinajstić information content (AvgIpc) is 3.22. The number of aromatic nitrogens is 2. The molecule has 1 N–H and O–H groups in total. The van der Waals surface area contributed by atoms with Crippen molar-refractivity contribution in [3.63, 3.8) is 0 Å². The van der Waals surface area contributed by atoms with E-state index in [0.717, 1.165) is 16.8 Å². The van der Waals surface area contributed by atoms with Gasteiger partial charge in [0, 0.05) is 42.1 Å². The predicted octanol–water partition coefficient (Wildman–Crippen LogP) is 2.88. The number of amides is 1. The molecule has 8 heteroatoms. The molecule has 0 atom stereocenters. The van der Waals surface area contributed by atoms with E-state index in [1.807, 2.05) is 37.3 Å². The Morgan fingerprint density at radius 3 is 2.79 bits per heavy atom. The van der Waals surface area contributed by atoms with Gasteiger partial charge in [-0.3, -0.25) is 4.79 Å². The van der Waals surface area contributed by atoms with Crippen molar-refractivity contribution in [3.05, 3.63) is 47.8 Å². The first kappa shape index (κ1) is 17.7. The molecule has 2 aromatic heterocycles. The SMILES string of the molecule is Cc1ccc2c(Nc3ccc4c(c3)OCO4)c(C(=O)N3CCOCC3)cnc2n1. The summed E-state index contributed by atoms with van der Waals surface area (Å²) in [6, 6.07) is 9.46. The molecule has 29 heavy (non-hydrogen) atoms. The van der Waals surface area contributed by atoms with E-state index < -0.39 is 0 Å². The van der Waals surface area contributed by atoms with Crippen molar-refractivity contribution in [1.82, 2.24) is 14.9 Å². The van der Waals surface area contributed by atoms with Gasteiger partial charge in [-0.15, -0.1) is 0 Å². The minimum atomic E-state index is -0.0773. The van der Waals surface area contributed by atoms with Crippen molar-refractivity contribution >= 4 is 28.3 Å². The second-order valence-corrected chi connectivity index (χ2v) is 6.97.